The number of ether oxygens (including phenoxy) is 3. The first-order valence-electron chi connectivity index (χ1n) is 8.03. The molecule has 0 bridgehead atoms. The third kappa shape index (κ3) is 3.21. The molecule has 24 heavy (non-hydrogen) atoms. The van der Waals surface area contributed by atoms with Crippen LogP contribution in [0.2, 0.25) is 0 Å². The van der Waals surface area contributed by atoms with Crippen LogP contribution in [0.1, 0.15) is 17.2 Å². The van der Waals surface area contributed by atoms with Gasteiger partial charge in [-0.1, -0.05) is 17.9 Å². The van der Waals surface area contributed by atoms with Gasteiger partial charge in [-0.3, -0.25) is 9.88 Å². The van der Waals surface area contributed by atoms with E-state index in [1.165, 1.54) is 0 Å². The van der Waals surface area contributed by atoms with Crippen LogP contribution in [0.25, 0.3) is 0 Å². The zero-order valence-corrected chi connectivity index (χ0v) is 13.3. The van der Waals surface area contributed by atoms with Gasteiger partial charge < -0.3 is 14.2 Å². The molecule has 122 valence electrons. The molecule has 3 heterocycles. The highest BCUT2D eigenvalue weighted by atomic mass is 16.7. The molecular formula is C19H18N2O3. The Hall–Kier alpha value is -2.55. The first-order chi connectivity index (χ1) is 11.9. The van der Waals surface area contributed by atoms with Crippen LogP contribution in [-0.4, -0.2) is 43.0 Å². The summed E-state index contributed by atoms with van der Waals surface area (Å²) in [5.41, 5.74) is 2.02. The molecule has 0 radical (unpaired) electrons. The van der Waals surface area contributed by atoms with Crippen LogP contribution in [0.15, 0.2) is 42.7 Å². The van der Waals surface area contributed by atoms with Crippen LogP contribution >= 0.6 is 0 Å². The molecule has 1 aromatic heterocycles. The van der Waals surface area contributed by atoms with Crippen molar-refractivity contribution in [3.8, 4) is 23.3 Å². The van der Waals surface area contributed by atoms with Crippen LogP contribution in [0.5, 0.6) is 11.5 Å². The second kappa shape index (κ2) is 6.91. The van der Waals surface area contributed by atoms with Crippen molar-refractivity contribution in [1.82, 2.24) is 9.88 Å². The van der Waals surface area contributed by atoms with E-state index in [0.29, 0.717) is 0 Å². The van der Waals surface area contributed by atoms with Gasteiger partial charge in [0.15, 0.2) is 11.5 Å². The highest BCUT2D eigenvalue weighted by Gasteiger charge is 2.23. The zero-order chi connectivity index (χ0) is 16.2. The Labute approximate surface area is 141 Å². The van der Waals surface area contributed by atoms with Gasteiger partial charge in [0, 0.05) is 31.0 Å². The number of nitrogens with zero attached hydrogens (tertiary/aromatic N) is 2. The Balaban J connectivity index is 1.66. The topological polar surface area (TPSA) is 43.8 Å². The van der Waals surface area contributed by atoms with E-state index in [-0.39, 0.29) is 12.8 Å². The van der Waals surface area contributed by atoms with E-state index in [2.05, 4.69) is 27.8 Å². The maximum Gasteiger partial charge on any atom is 0.231 e. The van der Waals surface area contributed by atoms with Crippen molar-refractivity contribution >= 4 is 0 Å². The summed E-state index contributed by atoms with van der Waals surface area (Å²) in [6.45, 7) is 3.47. The minimum Gasteiger partial charge on any atom is -0.454 e. The predicted molar refractivity (Wildman–Crippen MR) is 88.8 cm³/mol. The number of aromatic nitrogens is 1. The van der Waals surface area contributed by atoms with Crippen molar-refractivity contribution < 1.29 is 14.2 Å². The fourth-order valence-corrected chi connectivity index (χ4v) is 2.89. The van der Waals surface area contributed by atoms with E-state index in [0.717, 1.165) is 48.9 Å². The van der Waals surface area contributed by atoms with Crippen LogP contribution in [0.4, 0.5) is 0 Å². The average Bonchev–Trinajstić information content (AvgIpc) is 3.12. The van der Waals surface area contributed by atoms with E-state index in [9.17, 15) is 0 Å². The molecule has 5 nitrogen and oxygen atoms in total. The quantitative estimate of drug-likeness (QED) is 0.794. The van der Waals surface area contributed by atoms with Gasteiger partial charge in [-0.2, -0.15) is 0 Å². The first-order valence-corrected chi connectivity index (χ1v) is 8.03. The number of rotatable bonds is 2. The lowest BCUT2D eigenvalue weighted by atomic mass is 10.0. The molecular weight excluding hydrogens is 304 g/mol. The highest BCUT2D eigenvalue weighted by Crippen LogP contribution is 2.35. The molecule has 2 aliphatic heterocycles. The van der Waals surface area contributed by atoms with E-state index in [1.54, 1.807) is 12.4 Å². The Morgan fingerprint density at radius 1 is 1.08 bits per heavy atom. The zero-order valence-electron chi connectivity index (χ0n) is 13.3. The van der Waals surface area contributed by atoms with E-state index >= 15 is 0 Å². The number of morpholine rings is 1. The Morgan fingerprint density at radius 3 is 2.79 bits per heavy atom. The van der Waals surface area contributed by atoms with Crippen LogP contribution in [0, 0.1) is 11.8 Å². The molecule has 0 N–H and O–H groups in total. The maximum atomic E-state index is 5.52. The smallest absolute Gasteiger partial charge is 0.231 e. The fourth-order valence-electron chi connectivity index (χ4n) is 2.89. The average molecular weight is 322 g/mol. The lowest BCUT2D eigenvalue weighted by Crippen LogP contribution is -2.38. The van der Waals surface area contributed by atoms with E-state index < -0.39 is 0 Å². The third-order valence-corrected chi connectivity index (χ3v) is 4.14. The largest absolute Gasteiger partial charge is 0.454 e. The Morgan fingerprint density at radius 2 is 1.96 bits per heavy atom. The monoisotopic (exact) mass is 322 g/mol. The maximum absolute atomic E-state index is 5.52. The van der Waals surface area contributed by atoms with Crippen molar-refractivity contribution in [1.29, 1.82) is 0 Å². The van der Waals surface area contributed by atoms with Crippen molar-refractivity contribution in [2.75, 3.05) is 33.1 Å². The number of fused-ring (bicyclic) bond motifs is 1. The summed E-state index contributed by atoms with van der Waals surface area (Å²) in [7, 11) is 0. The predicted octanol–water partition coefficient (Wildman–Crippen LogP) is 2.24. The molecule has 0 unspecified atom stereocenters. The molecule has 0 saturated carbocycles. The first kappa shape index (κ1) is 15.0. The van der Waals surface area contributed by atoms with Gasteiger partial charge in [0.25, 0.3) is 0 Å². The highest BCUT2D eigenvalue weighted by molar-refractivity contribution is 5.47. The SMILES string of the molecule is C(#C[C@@H](c1ccc2c(c1)OCO2)N1CCOCC1)c1cccnc1. The number of hydrogen-bond acceptors (Lipinski definition) is 5. The van der Waals surface area contributed by atoms with Crippen molar-refractivity contribution in [3.63, 3.8) is 0 Å². The molecule has 5 heteroatoms. The molecule has 0 spiro atoms. The summed E-state index contributed by atoms with van der Waals surface area (Å²) in [5.74, 6) is 8.22. The molecule has 0 aliphatic carbocycles. The summed E-state index contributed by atoms with van der Waals surface area (Å²) in [6.07, 6.45) is 3.53. The molecule has 4 rings (SSSR count). The van der Waals surface area contributed by atoms with Gasteiger partial charge in [0.05, 0.1) is 19.3 Å². The lowest BCUT2D eigenvalue weighted by molar-refractivity contribution is 0.0269. The Kier molecular flexibility index (Phi) is 4.32. The number of pyridine rings is 1. The molecule has 1 aromatic carbocycles. The van der Waals surface area contributed by atoms with Crippen molar-refractivity contribution in [2.45, 2.75) is 6.04 Å². The minimum absolute atomic E-state index is 0.0105. The Bertz CT molecular complexity index is 761. The number of hydrogen-bond donors (Lipinski definition) is 0. The lowest BCUT2D eigenvalue weighted by Gasteiger charge is -2.31. The van der Waals surface area contributed by atoms with E-state index in [1.807, 2.05) is 24.3 Å². The third-order valence-electron chi connectivity index (χ3n) is 4.14. The van der Waals surface area contributed by atoms with Crippen LogP contribution < -0.4 is 9.47 Å². The van der Waals surface area contributed by atoms with Gasteiger partial charge in [-0.05, 0) is 29.8 Å². The summed E-state index contributed by atoms with van der Waals surface area (Å²) in [6, 6.07) is 9.90. The number of benzene rings is 1. The molecule has 2 aromatic rings. The van der Waals surface area contributed by atoms with Crippen LogP contribution in [-0.2, 0) is 4.74 Å². The van der Waals surface area contributed by atoms with Gasteiger partial charge >= 0.3 is 0 Å². The van der Waals surface area contributed by atoms with Gasteiger partial charge in [0.2, 0.25) is 6.79 Å². The summed E-state index contributed by atoms with van der Waals surface area (Å²) < 4.78 is 16.4. The van der Waals surface area contributed by atoms with Gasteiger partial charge in [0.1, 0.15) is 0 Å². The van der Waals surface area contributed by atoms with Gasteiger partial charge in [-0.25, -0.2) is 0 Å². The second-order valence-electron chi connectivity index (χ2n) is 5.67. The summed E-state index contributed by atoms with van der Waals surface area (Å²) in [5, 5.41) is 0. The minimum atomic E-state index is -0.0105. The van der Waals surface area contributed by atoms with Crippen molar-refractivity contribution in [3.05, 3.63) is 53.9 Å². The molecule has 1 atom stereocenters. The molecule has 2 aliphatic rings. The fraction of sp³-hybridized carbons (Fsp3) is 0.316. The van der Waals surface area contributed by atoms with E-state index in [4.69, 9.17) is 14.2 Å². The van der Waals surface area contributed by atoms with Crippen LogP contribution in [0.3, 0.4) is 0 Å². The molecule has 1 fully saturated rings. The van der Waals surface area contributed by atoms with Crippen molar-refractivity contribution in [2.24, 2.45) is 0 Å². The van der Waals surface area contributed by atoms with Gasteiger partial charge in [-0.15, -0.1) is 0 Å². The molecule has 1 saturated heterocycles. The molecule has 0 amide bonds. The second-order valence-corrected chi connectivity index (χ2v) is 5.67. The standard InChI is InChI=1S/C19H18N2O3/c1-2-15(13-20-7-1)3-5-17(21-8-10-22-11-9-21)16-4-6-18-19(12-16)24-14-23-18/h1-2,4,6-7,12-13,17H,8-11,14H2/t17-/m0/s1. The normalized spacial score (nSPS) is 17.8. The summed E-state index contributed by atoms with van der Waals surface area (Å²) >= 11 is 0. The summed E-state index contributed by atoms with van der Waals surface area (Å²) in [4.78, 5) is 6.46.